The first kappa shape index (κ1) is 11.7. The number of aromatic nitrogens is 3. The molecule has 0 radical (unpaired) electrons. The number of hydrogen-bond donors (Lipinski definition) is 1. The Kier molecular flexibility index (Phi) is 3.19. The van der Waals surface area contributed by atoms with Gasteiger partial charge in [-0.3, -0.25) is 0 Å². The van der Waals surface area contributed by atoms with Crippen molar-refractivity contribution in [3.63, 3.8) is 0 Å². The van der Waals surface area contributed by atoms with Crippen molar-refractivity contribution < 1.29 is 4.74 Å². The van der Waals surface area contributed by atoms with Crippen LogP contribution >= 0.6 is 11.6 Å². The summed E-state index contributed by atoms with van der Waals surface area (Å²) in [5.74, 6) is 1.48. The molecule has 0 aliphatic carbocycles. The van der Waals surface area contributed by atoms with Crippen LogP contribution in [0, 0.1) is 0 Å². The second-order valence-electron chi connectivity index (χ2n) is 3.80. The van der Waals surface area contributed by atoms with E-state index < -0.39 is 0 Å². The fourth-order valence-corrected chi connectivity index (χ4v) is 1.51. The fourth-order valence-electron chi connectivity index (χ4n) is 1.37. The van der Waals surface area contributed by atoms with Gasteiger partial charge in [0.15, 0.2) is 17.4 Å². The van der Waals surface area contributed by atoms with Crippen molar-refractivity contribution in [2.45, 2.75) is 20.0 Å². The summed E-state index contributed by atoms with van der Waals surface area (Å²) < 4.78 is 7.15. The molecule has 0 bridgehead atoms. The third-order valence-electron chi connectivity index (χ3n) is 2.03. The zero-order valence-corrected chi connectivity index (χ0v) is 10.3. The van der Waals surface area contributed by atoms with E-state index >= 15 is 0 Å². The molecular formula is C11H13ClN4O. The molecule has 0 aliphatic heterocycles. The van der Waals surface area contributed by atoms with E-state index in [0.29, 0.717) is 16.6 Å². The second kappa shape index (κ2) is 4.63. The lowest BCUT2D eigenvalue weighted by molar-refractivity contribution is 0.240. The standard InChI is InChI=1S/C11H13ClN4O/c1-7(2)17-9-4-3-5-14-11(9)16-6-8(12)10(13)15-16/h3-7H,1-2H3,(H2,13,15). The van der Waals surface area contributed by atoms with Crippen molar-refractivity contribution in [1.82, 2.24) is 14.8 Å². The molecule has 2 heterocycles. The number of halogens is 1. The predicted octanol–water partition coefficient (Wildman–Crippen LogP) is 2.29. The summed E-state index contributed by atoms with van der Waals surface area (Å²) in [5.41, 5.74) is 5.60. The van der Waals surface area contributed by atoms with Crippen molar-refractivity contribution >= 4 is 17.4 Å². The Hall–Kier alpha value is -1.75. The molecule has 2 aromatic rings. The van der Waals surface area contributed by atoms with Gasteiger partial charge in [-0.25, -0.2) is 9.67 Å². The first-order chi connectivity index (χ1) is 8.08. The lowest BCUT2D eigenvalue weighted by Gasteiger charge is -2.12. The van der Waals surface area contributed by atoms with Crippen LogP contribution in [-0.2, 0) is 0 Å². The SMILES string of the molecule is CC(C)Oc1cccnc1-n1cc(Cl)c(N)n1. The molecule has 0 unspecified atom stereocenters. The van der Waals surface area contributed by atoms with E-state index in [1.54, 1.807) is 18.5 Å². The van der Waals surface area contributed by atoms with Crippen LogP contribution in [0.25, 0.3) is 5.82 Å². The average Bonchev–Trinajstić information content (AvgIpc) is 2.59. The summed E-state index contributed by atoms with van der Waals surface area (Å²) in [6, 6.07) is 3.63. The Bertz CT molecular complexity index is 504. The van der Waals surface area contributed by atoms with Crippen molar-refractivity contribution in [2.75, 3.05) is 5.73 Å². The van der Waals surface area contributed by atoms with Crippen LogP contribution in [0.4, 0.5) is 5.82 Å². The lowest BCUT2D eigenvalue weighted by atomic mass is 10.4. The number of ether oxygens (including phenoxy) is 1. The molecule has 2 rings (SSSR count). The number of nitrogens with two attached hydrogens (primary N) is 1. The number of hydrogen-bond acceptors (Lipinski definition) is 4. The van der Waals surface area contributed by atoms with Crippen LogP contribution < -0.4 is 10.5 Å². The van der Waals surface area contributed by atoms with Gasteiger partial charge in [-0.2, -0.15) is 0 Å². The normalized spacial score (nSPS) is 10.8. The van der Waals surface area contributed by atoms with Gasteiger partial charge >= 0.3 is 0 Å². The monoisotopic (exact) mass is 252 g/mol. The zero-order valence-electron chi connectivity index (χ0n) is 9.59. The van der Waals surface area contributed by atoms with E-state index in [9.17, 15) is 0 Å². The summed E-state index contributed by atoms with van der Waals surface area (Å²) >= 11 is 5.86. The smallest absolute Gasteiger partial charge is 0.196 e. The van der Waals surface area contributed by atoms with Crippen LogP contribution in [0.15, 0.2) is 24.5 Å². The van der Waals surface area contributed by atoms with Crippen molar-refractivity contribution in [2.24, 2.45) is 0 Å². The van der Waals surface area contributed by atoms with Gasteiger partial charge in [0, 0.05) is 6.20 Å². The van der Waals surface area contributed by atoms with Gasteiger partial charge in [-0.05, 0) is 26.0 Å². The lowest BCUT2D eigenvalue weighted by Crippen LogP contribution is -2.10. The molecule has 0 aromatic carbocycles. The Labute approximate surface area is 104 Å². The Morgan fingerprint density at radius 1 is 1.47 bits per heavy atom. The topological polar surface area (TPSA) is 66.0 Å². The van der Waals surface area contributed by atoms with Crippen LogP contribution in [0.1, 0.15) is 13.8 Å². The molecule has 17 heavy (non-hydrogen) atoms. The molecular weight excluding hydrogens is 240 g/mol. The van der Waals surface area contributed by atoms with E-state index in [1.165, 1.54) is 4.68 Å². The predicted molar refractivity (Wildman–Crippen MR) is 66.5 cm³/mol. The first-order valence-electron chi connectivity index (χ1n) is 5.20. The largest absolute Gasteiger partial charge is 0.487 e. The minimum absolute atomic E-state index is 0.0568. The minimum Gasteiger partial charge on any atom is -0.487 e. The molecule has 2 aromatic heterocycles. The second-order valence-corrected chi connectivity index (χ2v) is 4.21. The Morgan fingerprint density at radius 2 is 2.24 bits per heavy atom. The van der Waals surface area contributed by atoms with Gasteiger partial charge in [0.2, 0.25) is 0 Å². The molecule has 6 heteroatoms. The summed E-state index contributed by atoms with van der Waals surface area (Å²) in [6.07, 6.45) is 3.32. The zero-order chi connectivity index (χ0) is 12.4. The molecule has 2 N–H and O–H groups in total. The van der Waals surface area contributed by atoms with Crippen LogP contribution in [0.5, 0.6) is 5.75 Å². The van der Waals surface area contributed by atoms with E-state index in [4.69, 9.17) is 22.1 Å². The fraction of sp³-hybridized carbons (Fsp3) is 0.273. The highest BCUT2D eigenvalue weighted by atomic mass is 35.5. The summed E-state index contributed by atoms with van der Waals surface area (Å²) in [4.78, 5) is 4.22. The van der Waals surface area contributed by atoms with Crippen LogP contribution in [-0.4, -0.2) is 20.9 Å². The number of rotatable bonds is 3. The highest BCUT2D eigenvalue weighted by molar-refractivity contribution is 6.32. The van der Waals surface area contributed by atoms with E-state index in [-0.39, 0.29) is 11.9 Å². The number of nitrogens with zero attached hydrogens (tertiary/aromatic N) is 3. The summed E-state index contributed by atoms with van der Waals surface area (Å²) in [6.45, 7) is 3.89. The van der Waals surface area contributed by atoms with E-state index in [2.05, 4.69) is 10.1 Å². The molecule has 0 spiro atoms. The summed E-state index contributed by atoms with van der Waals surface area (Å²) in [7, 11) is 0. The highest BCUT2D eigenvalue weighted by Gasteiger charge is 2.11. The molecule has 90 valence electrons. The maximum Gasteiger partial charge on any atom is 0.196 e. The molecule has 0 saturated carbocycles. The quantitative estimate of drug-likeness (QED) is 0.910. The third kappa shape index (κ3) is 2.50. The number of pyridine rings is 1. The van der Waals surface area contributed by atoms with Crippen LogP contribution in [0.3, 0.4) is 0 Å². The third-order valence-corrected chi connectivity index (χ3v) is 2.32. The molecule has 0 atom stereocenters. The molecule has 0 amide bonds. The van der Waals surface area contributed by atoms with Crippen molar-refractivity contribution in [1.29, 1.82) is 0 Å². The highest BCUT2D eigenvalue weighted by Crippen LogP contribution is 2.24. The van der Waals surface area contributed by atoms with Crippen LogP contribution in [0.2, 0.25) is 5.02 Å². The number of nitrogen functional groups attached to an aromatic ring is 1. The summed E-state index contributed by atoms with van der Waals surface area (Å²) in [5, 5.41) is 4.46. The Morgan fingerprint density at radius 3 is 2.82 bits per heavy atom. The van der Waals surface area contributed by atoms with Gasteiger partial charge in [-0.15, -0.1) is 5.10 Å². The van der Waals surface area contributed by atoms with Gasteiger partial charge in [-0.1, -0.05) is 11.6 Å². The van der Waals surface area contributed by atoms with Gasteiger partial charge in [0.1, 0.15) is 5.02 Å². The van der Waals surface area contributed by atoms with Crippen molar-refractivity contribution in [3.05, 3.63) is 29.5 Å². The van der Waals surface area contributed by atoms with E-state index in [0.717, 1.165) is 0 Å². The maximum absolute atomic E-state index is 5.86. The molecule has 0 saturated heterocycles. The first-order valence-corrected chi connectivity index (χ1v) is 5.58. The minimum atomic E-state index is 0.0568. The number of anilines is 1. The van der Waals surface area contributed by atoms with E-state index in [1.807, 2.05) is 19.9 Å². The van der Waals surface area contributed by atoms with Gasteiger partial charge in [0.05, 0.1) is 12.3 Å². The Balaban J connectivity index is 2.44. The van der Waals surface area contributed by atoms with Gasteiger partial charge in [0.25, 0.3) is 0 Å². The maximum atomic E-state index is 5.86. The molecule has 5 nitrogen and oxygen atoms in total. The molecule has 0 aliphatic rings. The van der Waals surface area contributed by atoms with Crippen molar-refractivity contribution in [3.8, 4) is 11.6 Å². The average molecular weight is 253 g/mol. The molecule has 0 fully saturated rings. The van der Waals surface area contributed by atoms with Gasteiger partial charge < -0.3 is 10.5 Å².